The fourth-order valence-electron chi connectivity index (χ4n) is 3.56. The smallest absolute Gasteiger partial charge is 0.238 e. The Balaban J connectivity index is 1.45. The number of hydrogen-bond acceptors (Lipinski definition) is 5. The quantitative estimate of drug-likeness (QED) is 0.742. The molecule has 1 aromatic heterocycles. The normalized spacial score (nSPS) is 15.6. The molecule has 0 spiro atoms. The molecule has 0 bridgehead atoms. The van der Waals surface area contributed by atoms with Crippen LogP contribution in [0.4, 0.5) is 5.69 Å². The third-order valence-electron chi connectivity index (χ3n) is 4.88. The topological polar surface area (TPSA) is 79.6 Å². The highest BCUT2D eigenvalue weighted by Crippen LogP contribution is 2.27. The molecule has 2 heterocycles. The fraction of sp³-hybridized carbons (Fsp3) is 0.500. The van der Waals surface area contributed by atoms with Crippen LogP contribution >= 0.6 is 0 Å². The molecule has 2 N–H and O–H groups in total. The number of aliphatic hydroxyl groups excluding tert-OH is 1. The summed E-state index contributed by atoms with van der Waals surface area (Å²) in [6, 6.07) is 9.48. The number of nitrogens with zero attached hydrogens (tertiary/aromatic N) is 3. The lowest BCUT2D eigenvalue weighted by molar-refractivity contribution is -0.117. The third kappa shape index (κ3) is 5.30. The van der Waals surface area contributed by atoms with Gasteiger partial charge in [-0.2, -0.15) is 5.10 Å². The van der Waals surface area contributed by atoms with Crippen molar-refractivity contribution in [2.75, 3.05) is 38.2 Å². The van der Waals surface area contributed by atoms with Gasteiger partial charge in [0, 0.05) is 23.5 Å². The van der Waals surface area contributed by atoms with Crippen LogP contribution in [0.5, 0.6) is 5.75 Å². The first-order valence-corrected chi connectivity index (χ1v) is 9.57. The first-order chi connectivity index (χ1) is 13.2. The summed E-state index contributed by atoms with van der Waals surface area (Å²) in [6.45, 7) is 5.36. The van der Waals surface area contributed by atoms with E-state index in [1.54, 1.807) is 6.20 Å². The van der Waals surface area contributed by atoms with Crippen molar-refractivity contribution in [3.05, 3.63) is 42.2 Å². The van der Waals surface area contributed by atoms with Crippen molar-refractivity contribution < 1.29 is 14.6 Å². The molecule has 1 saturated heterocycles. The molecule has 1 aromatic carbocycles. The standard InChI is InChI=1S/C20H28N4O3/c1-2-27-18-5-3-17(4-6-18)22-20(26)15-23-11-8-16(9-12-23)19-7-10-21-24(19)13-14-25/h3-7,10,16,25H,2,8-9,11-15H2,1H3,(H,22,26). The van der Waals surface area contributed by atoms with Crippen LogP contribution in [-0.2, 0) is 11.3 Å². The predicted molar refractivity (Wildman–Crippen MR) is 104 cm³/mol. The first kappa shape index (κ1) is 19.4. The van der Waals surface area contributed by atoms with E-state index >= 15 is 0 Å². The van der Waals surface area contributed by atoms with Crippen LogP contribution in [0.15, 0.2) is 36.5 Å². The van der Waals surface area contributed by atoms with Gasteiger partial charge in [0.25, 0.3) is 0 Å². The summed E-state index contributed by atoms with van der Waals surface area (Å²) in [7, 11) is 0. The molecule has 0 radical (unpaired) electrons. The molecule has 0 aliphatic carbocycles. The van der Waals surface area contributed by atoms with Crippen molar-refractivity contribution in [1.29, 1.82) is 0 Å². The molecule has 0 unspecified atom stereocenters. The molecular formula is C20H28N4O3. The monoisotopic (exact) mass is 372 g/mol. The summed E-state index contributed by atoms with van der Waals surface area (Å²) < 4.78 is 7.30. The maximum atomic E-state index is 12.3. The minimum absolute atomic E-state index is 0.00272. The van der Waals surface area contributed by atoms with Crippen LogP contribution in [0.3, 0.4) is 0 Å². The Morgan fingerprint density at radius 2 is 2.00 bits per heavy atom. The van der Waals surface area contributed by atoms with Gasteiger partial charge in [0.05, 0.1) is 26.3 Å². The van der Waals surface area contributed by atoms with Crippen molar-refractivity contribution in [2.45, 2.75) is 32.2 Å². The van der Waals surface area contributed by atoms with Gasteiger partial charge in [-0.1, -0.05) is 0 Å². The first-order valence-electron chi connectivity index (χ1n) is 9.57. The second-order valence-corrected chi connectivity index (χ2v) is 6.76. The Kier molecular flexibility index (Phi) is 6.84. The average molecular weight is 372 g/mol. The lowest BCUT2D eigenvalue weighted by atomic mass is 9.93. The molecule has 7 nitrogen and oxygen atoms in total. The number of aliphatic hydroxyl groups is 1. The van der Waals surface area contributed by atoms with Gasteiger partial charge in [0.15, 0.2) is 0 Å². The third-order valence-corrected chi connectivity index (χ3v) is 4.88. The second-order valence-electron chi connectivity index (χ2n) is 6.76. The zero-order valence-electron chi connectivity index (χ0n) is 15.8. The molecule has 1 aliphatic rings. The highest BCUT2D eigenvalue weighted by atomic mass is 16.5. The second kappa shape index (κ2) is 9.53. The van der Waals surface area contributed by atoms with Crippen LogP contribution in [0.1, 0.15) is 31.4 Å². The highest BCUT2D eigenvalue weighted by Gasteiger charge is 2.24. The fourth-order valence-corrected chi connectivity index (χ4v) is 3.56. The number of rotatable bonds is 8. The Bertz CT molecular complexity index is 721. The summed E-state index contributed by atoms with van der Waals surface area (Å²) in [4.78, 5) is 14.5. The van der Waals surface area contributed by atoms with Crippen LogP contribution in [0.25, 0.3) is 0 Å². The van der Waals surface area contributed by atoms with Crippen molar-refractivity contribution in [1.82, 2.24) is 14.7 Å². The lowest BCUT2D eigenvalue weighted by Gasteiger charge is -2.31. The maximum absolute atomic E-state index is 12.3. The molecule has 27 heavy (non-hydrogen) atoms. The van der Waals surface area contributed by atoms with Gasteiger partial charge in [0.2, 0.25) is 5.91 Å². The minimum Gasteiger partial charge on any atom is -0.494 e. The number of likely N-dealkylation sites (tertiary alicyclic amines) is 1. The highest BCUT2D eigenvalue weighted by molar-refractivity contribution is 5.92. The molecule has 1 aliphatic heterocycles. The molecule has 2 aromatic rings. The molecular weight excluding hydrogens is 344 g/mol. The number of anilines is 1. The Hall–Kier alpha value is -2.38. The minimum atomic E-state index is 0.00272. The molecule has 3 rings (SSSR count). The van der Waals surface area contributed by atoms with Crippen LogP contribution in [0, 0.1) is 0 Å². The SMILES string of the molecule is CCOc1ccc(NC(=O)CN2CCC(c3ccnn3CCO)CC2)cc1. The van der Waals surface area contributed by atoms with Gasteiger partial charge in [-0.05, 0) is 63.2 Å². The van der Waals surface area contributed by atoms with E-state index in [0.717, 1.165) is 37.4 Å². The number of carbonyl (C=O) groups is 1. The van der Waals surface area contributed by atoms with Crippen LogP contribution in [-0.4, -0.2) is 58.5 Å². The number of piperidine rings is 1. The van der Waals surface area contributed by atoms with Crippen molar-refractivity contribution >= 4 is 11.6 Å². The van der Waals surface area contributed by atoms with E-state index in [9.17, 15) is 4.79 Å². The Morgan fingerprint density at radius 3 is 2.67 bits per heavy atom. The summed E-state index contributed by atoms with van der Waals surface area (Å²) in [6.07, 6.45) is 3.78. The largest absolute Gasteiger partial charge is 0.494 e. The van der Waals surface area contributed by atoms with E-state index in [1.807, 2.05) is 41.9 Å². The van der Waals surface area contributed by atoms with E-state index in [0.29, 0.717) is 25.6 Å². The van der Waals surface area contributed by atoms with Gasteiger partial charge in [-0.3, -0.25) is 14.4 Å². The van der Waals surface area contributed by atoms with Crippen molar-refractivity contribution in [3.63, 3.8) is 0 Å². The molecule has 1 amide bonds. The van der Waals surface area contributed by atoms with Crippen LogP contribution < -0.4 is 10.1 Å². The van der Waals surface area contributed by atoms with Crippen molar-refractivity contribution in [3.8, 4) is 5.75 Å². The number of aromatic nitrogens is 2. The van der Waals surface area contributed by atoms with E-state index in [-0.39, 0.29) is 12.5 Å². The number of benzene rings is 1. The lowest BCUT2D eigenvalue weighted by Crippen LogP contribution is -2.39. The molecule has 0 atom stereocenters. The van der Waals surface area contributed by atoms with Gasteiger partial charge < -0.3 is 15.2 Å². The zero-order chi connectivity index (χ0) is 19.1. The number of amides is 1. The zero-order valence-corrected chi connectivity index (χ0v) is 15.8. The van der Waals surface area contributed by atoms with Crippen molar-refractivity contribution in [2.24, 2.45) is 0 Å². The molecule has 0 saturated carbocycles. The molecule has 1 fully saturated rings. The number of carbonyl (C=O) groups excluding carboxylic acids is 1. The van der Waals surface area contributed by atoms with Crippen LogP contribution in [0.2, 0.25) is 0 Å². The van der Waals surface area contributed by atoms with E-state index in [2.05, 4.69) is 15.3 Å². The maximum Gasteiger partial charge on any atom is 0.238 e. The summed E-state index contributed by atoms with van der Waals surface area (Å²) in [5, 5.41) is 16.4. The number of hydrogen-bond donors (Lipinski definition) is 2. The molecule has 7 heteroatoms. The summed E-state index contributed by atoms with van der Waals surface area (Å²) in [5.41, 5.74) is 1.97. The Morgan fingerprint density at radius 1 is 1.26 bits per heavy atom. The van der Waals surface area contributed by atoms with Gasteiger partial charge >= 0.3 is 0 Å². The van der Waals surface area contributed by atoms with E-state index < -0.39 is 0 Å². The molecule has 146 valence electrons. The Labute approximate surface area is 159 Å². The van der Waals surface area contributed by atoms with Gasteiger partial charge in [0.1, 0.15) is 5.75 Å². The number of ether oxygens (including phenoxy) is 1. The number of nitrogens with one attached hydrogen (secondary N) is 1. The van der Waals surface area contributed by atoms with E-state index in [1.165, 1.54) is 5.69 Å². The van der Waals surface area contributed by atoms with Gasteiger partial charge in [-0.25, -0.2) is 0 Å². The summed E-state index contributed by atoms with van der Waals surface area (Å²) in [5.74, 6) is 1.24. The van der Waals surface area contributed by atoms with E-state index in [4.69, 9.17) is 9.84 Å². The summed E-state index contributed by atoms with van der Waals surface area (Å²) >= 11 is 0. The average Bonchev–Trinajstić information content (AvgIpc) is 3.13. The predicted octanol–water partition coefficient (Wildman–Crippen LogP) is 2.09. The van der Waals surface area contributed by atoms with Gasteiger partial charge in [-0.15, -0.1) is 0 Å².